The summed E-state index contributed by atoms with van der Waals surface area (Å²) in [5, 5.41) is 6.76. The molecular formula is C24H27Cl2N3O3S. The van der Waals surface area contributed by atoms with Gasteiger partial charge < -0.3 is 20.3 Å². The molecule has 0 bridgehead atoms. The van der Waals surface area contributed by atoms with E-state index in [4.69, 9.17) is 40.2 Å². The van der Waals surface area contributed by atoms with Crippen molar-refractivity contribution in [2.45, 2.75) is 38.5 Å². The maximum atomic E-state index is 13.0. The molecule has 3 rings (SSSR count). The SMILES string of the molecule is O=C(CCCOc1ccc(Cl)cc1Cl)NC(=S)Nc1ccccc1C(=O)N1CCCCCC1. The van der Waals surface area contributed by atoms with Crippen molar-refractivity contribution >= 4 is 58.0 Å². The zero-order valence-electron chi connectivity index (χ0n) is 18.2. The Morgan fingerprint density at radius 2 is 1.76 bits per heavy atom. The zero-order chi connectivity index (χ0) is 23.6. The van der Waals surface area contributed by atoms with Crippen molar-refractivity contribution in [3.8, 4) is 5.75 Å². The second-order valence-corrected chi connectivity index (χ2v) is 9.03. The summed E-state index contributed by atoms with van der Waals surface area (Å²) >= 11 is 17.2. The molecule has 0 aliphatic carbocycles. The van der Waals surface area contributed by atoms with E-state index in [0.29, 0.717) is 40.1 Å². The van der Waals surface area contributed by atoms with Crippen LogP contribution in [0.25, 0.3) is 0 Å². The number of nitrogens with zero attached hydrogens (tertiary/aromatic N) is 1. The molecule has 2 N–H and O–H groups in total. The van der Waals surface area contributed by atoms with Crippen LogP contribution >= 0.6 is 35.4 Å². The van der Waals surface area contributed by atoms with E-state index in [0.717, 1.165) is 38.8 Å². The topological polar surface area (TPSA) is 70.7 Å². The van der Waals surface area contributed by atoms with E-state index in [1.165, 1.54) is 0 Å². The summed E-state index contributed by atoms with van der Waals surface area (Å²) in [6.07, 6.45) is 5.04. The van der Waals surface area contributed by atoms with Gasteiger partial charge in [-0.15, -0.1) is 0 Å². The third kappa shape index (κ3) is 7.88. The van der Waals surface area contributed by atoms with Gasteiger partial charge in [0.2, 0.25) is 5.91 Å². The minimum Gasteiger partial charge on any atom is -0.492 e. The van der Waals surface area contributed by atoms with Crippen LogP contribution in [0.4, 0.5) is 5.69 Å². The normalized spacial score (nSPS) is 13.7. The number of likely N-dealkylation sites (tertiary alicyclic amines) is 1. The molecular weight excluding hydrogens is 481 g/mol. The van der Waals surface area contributed by atoms with Crippen LogP contribution in [0.1, 0.15) is 48.9 Å². The number of benzene rings is 2. The average Bonchev–Trinajstić information content (AvgIpc) is 3.07. The van der Waals surface area contributed by atoms with Gasteiger partial charge in [0.25, 0.3) is 5.91 Å². The Morgan fingerprint density at radius 1 is 1.03 bits per heavy atom. The number of carbonyl (C=O) groups excluding carboxylic acids is 2. The van der Waals surface area contributed by atoms with Crippen molar-refractivity contribution in [3.05, 3.63) is 58.1 Å². The molecule has 6 nitrogen and oxygen atoms in total. The minimum absolute atomic E-state index is 0.0212. The number of nitrogens with one attached hydrogen (secondary N) is 2. The van der Waals surface area contributed by atoms with Gasteiger partial charge in [-0.1, -0.05) is 48.2 Å². The number of hydrogen-bond donors (Lipinski definition) is 2. The Balaban J connectivity index is 1.47. The van der Waals surface area contributed by atoms with Crippen LogP contribution in [-0.4, -0.2) is 41.5 Å². The summed E-state index contributed by atoms with van der Waals surface area (Å²) in [7, 11) is 0. The van der Waals surface area contributed by atoms with E-state index in [1.54, 1.807) is 30.3 Å². The quantitative estimate of drug-likeness (QED) is 0.372. The van der Waals surface area contributed by atoms with Gasteiger partial charge in [-0.25, -0.2) is 0 Å². The zero-order valence-corrected chi connectivity index (χ0v) is 20.6. The minimum atomic E-state index is -0.241. The van der Waals surface area contributed by atoms with Crippen molar-refractivity contribution in [1.29, 1.82) is 0 Å². The molecule has 1 aliphatic rings. The Labute approximate surface area is 209 Å². The molecule has 1 aliphatic heterocycles. The monoisotopic (exact) mass is 507 g/mol. The molecule has 176 valence electrons. The molecule has 1 heterocycles. The number of ether oxygens (including phenoxy) is 1. The van der Waals surface area contributed by atoms with Crippen LogP contribution in [0.2, 0.25) is 10.0 Å². The molecule has 0 saturated carbocycles. The summed E-state index contributed by atoms with van der Waals surface area (Å²) in [6.45, 7) is 1.84. The highest BCUT2D eigenvalue weighted by Crippen LogP contribution is 2.27. The van der Waals surface area contributed by atoms with Crippen LogP contribution in [0.15, 0.2) is 42.5 Å². The highest BCUT2D eigenvalue weighted by Gasteiger charge is 2.20. The van der Waals surface area contributed by atoms with Crippen LogP contribution in [0, 0.1) is 0 Å². The summed E-state index contributed by atoms with van der Waals surface area (Å²) in [5.74, 6) is 0.256. The Kier molecular flexibility index (Phi) is 9.78. The number of para-hydroxylation sites is 1. The fraction of sp³-hybridized carbons (Fsp3) is 0.375. The summed E-state index contributed by atoms with van der Waals surface area (Å²) < 4.78 is 5.59. The molecule has 0 spiro atoms. The highest BCUT2D eigenvalue weighted by molar-refractivity contribution is 7.80. The predicted octanol–water partition coefficient (Wildman–Crippen LogP) is 5.68. The van der Waals surface area contributed by atoms with Crippen LogP contribution in [-0.2, 0) is 4.79 Å². The van der Waals surface area contributed by atoms with Gasteiger partial charge in [-0.2, -0.15) is 0 Å². The van der Waals surface area contributed by atoms with E-state index < -0.39 is 0 Å². The molecule has 9 heteroatoms. The van der Waals surface area contributed by atoms with Gasteiger partial charge in [-0.05, 0) is 61.8 Å². The van der Waals surface area contributed by atoms with Crippen molar-refractivity contribution < 1.29 is 14.3 Å². The van der Waals surface area contributed by atoms with Gasteiger partial charge >= 0.3 is 0 Å². The molecule has 1 fully saturated rings. The Hall–Kier alpha value is -2.35. The van der Waals surface area contributed by atoms with E-state index in [9.17, 15) is 9.59 Å². The fourth-order valence-corrected chi connectivity index (χ4v) is 4.26. The van der Waals surface area contributed by atoms with Gasteiger partial charge in [-0.3, -0.25) is 9.59 Å². The lowest BCUT2D eigenvalue weighted by Gasteiger charge is -2.22. The summed E-state index contributed by atoms with van der Waals surface area (Å²) in [5.41, 5.74) is 1.13. The standard InChI is InChI=1S/C24H27Cl2N3O3S/c25-17-11-12-21(19(26)16-17)32-15-7-10-22(30)28-24(33)27-20-9-4-3-8-18(20)23(31)29-13-5-1-2-6-14-29/h3-4,8-9,11-12,16H,1-2,5-7,10,13-15H2,(H2,27,28,30,33). The molecule has 0 radical (unpaired) electrons. The number of halogens is 2. The van der Waals surface area contributed by atoms with Crippen molar-refractivity contribution in [2.75, 3.05) is 25.0 Å². The number of hydrogen-bond acceptors (Lipinski definition) is 4. The second kappa shape index (κ2) is 12.8. The van der Waals surface area contributed by atoms with E-state index >= 15 is 0 Å². The molecule has 2 aromatic rings. The number of thiocarbonyl (C=S) groups is 1. The molecule has 1 saturated heterocycles. The lowest BCUT2D eigenvalue weighted by molar-refractivity contribution is -0.119. The van der Waals surface area contributed by atoms with Crippen LogP contribution in [0.3, 0.4) is 0 Å². The maximum Gasteiger partial charge on any atom is 0.255 e. The number of amides is 2. The highest BCUT2D eigenvalue weighted by atomic mass is 35.5. The van der Waals surface area contributed by atoms with Crippen LogP contribution < -0.4 is 15.4 Å². The molecule has 0 aromatic heterocycles. The molecule has 2 aromatic carbocycles. The fourth-order valence-electron chi connectivity index (χ4n) is 3.57. The Morgan fingerprint density at radius 3 is 2.48 bits per heavy atom. The maximum absolute atomic E-state index is 13.0. The lowest BCUT2D eigenvalue weighted by Crippen LogP contribution is -2.36. The first-order valence-electron chi connectivity index (χ1n) is 11.0. The van der Waals surface area contributed by atoms with Crippen molar-refractivity contribution in [1.82, 2.24) is 10.2 Å². The van der Waals surface area contributed by atoms with Crippen molar-refractivity contribution in [3.63, 3.8) is 0 Å². The van der Waals surface area contributed by atoms with Gasteiger partial charge in [0.1, 0.15) is 5.75 Å². The van der Waals surface area contributed by atoms with Gasteiger partial charge in [0, 0.05) is 24.5 Å². The third-order valence-electron chi connectivity index (χ3n) is 5.25. The molecule has 2 amide bonds. The molecule has 0 atom stereocenters. The lowest BCUT2D eigenvalue weighted by atomic mass is 10.1. The first-order chi connectivity index (χ1) is 15.9. The number of anilines is 1. The first kappa shape index (κ1) is 25.3. The largest absolute Gasteiger partial charge is 0.492 e. The van der Waals surface area contributed by atoms with E-state index in [2.05, 4.69) is 10.6 Å². The predicted molar refractivity (Wildman–Crippen MR) is 136 cm³/mol. The molecule has 0 unspecified atom stereocenters. The number of rotatable bonds is 7. The first-order valence-corrected chi connectivity index (χ1v) is 12.2. The smallest absolute Gasteiger partial charge is 0.255 e. The van der Waals surface area contributed by atoms with Gasteiger partial charge in [0.15, 0.2) is 5.11 Å². The van der Waals surface area contributed by atoms with Gasteiger partial charge in [0.05, 0.1) is 22.9 Å². The van der Waals surface area contributed by atoms with E-state index in [-0.39, 0.29) is 23.3 Å². The second-order valence-electron chi connectivity index (χ2n) is 7.78. The van der Waals surface area contributed by atoms with E-state index in [1.807, 2.05) is 17.0 Å². The molecule has 33 heavy (non-hydrogen) atoms. The average molecular weight is 508 g/mol. The third-order valence-corrected chi connectivity index (χ3v) is 5.99. The number of carbonyl (C=O) groups is 2. The summed E-state index contributed by atoms with van der Waals surface area (Å²) in [6, 6.07) is 12.2. The summed E-state index contributed by atoms with van der Waals surface area (Å²) in [4.78, 5) is 27.2. The van der Waals surface area contributed by atoms with Crippen LogP contribution in [0.5, 0.6) is 5.75 Å². The Bertz CT molecular complexity index is 995. The van der Waals surface area contributed by atoms with Crippen molar-refractivity contribution in [2.24, 2.45) is 0 Å².